The second-order valence-corrected chi connectivity index (χ2v) is 7.16. The molecule has 2 aliphatic rings. The van der Waals surface area contributed by atoms with Crippen molar-refractivity contribution in [2.45, 2.75) is 31.8 Å². The van der Waals surface area contributed by atoms with Gasteiger partial charge in [0.15, 0.2) is 0 Å². The molecule has 3 rings (SSSR count). The molecule has 1 N–H and O–H groups in total. The number of nitrogens with zero attached hydrogens (tertiary/aromatic N) is 2. The van der Waals surface area contributed by atoms with Crippen LogP contribution in [0.1, 0.15) is 24.8 Å². The van der Waals surface area contributed by atoms with Crippen molar-refractivity contribution in [3.8, 4) is 5.75 Å². The minimum Gasteiger partial charge on any atom is -0.508 e. The maximum Gasteiger partial charge on any atom is 0.120 e. The number of hydrogen-bond donors (Lipinski definition) is 1. The number of likely N-dealkylation sites (tertiary alicyclic amines) is 2. The average Bonchev–Trinajstić information content (AvgIpc) is 2.43. The minimum atomic E-state index is 0.413. The van der Waals surface area contributed by atoms with Crippen molar-refractivity contribution >= 4 is 15.9 Å². The molecule has 2 aliphatic heterocycles. The number of aromatic hydroxyl groups is 1. The maximum absolute atomic E-state index is 9.98. The van der Waals surface area contributed by atoms with Crippen molar-refractivity contribution in [3.63, 3.8) is 0 Å². The number of benzene rings is 1. The summed E-state index contributed by atoms with van der Waals surface area (Å²) in [6, 6.07) is 6.48. The van der Waals surface area contributed by atoms with Crippen molar-refractivity contribution in [2.24, 2.45) is 5.92 Å². The summed E-state index contributed by atoms with van der Waals surface area (Å²) >= 11 is 3.49. The van der Waals surface area contributed by atoms with E-state index in [2.05, 4.69) is 32.8 Å². The van der Waals surface area contributed by atoms with Crippen LogP contribution >= 0.6 is 15.9 Å². The molecule has 0 aromatic heterocycles. The smallest absolute Gasteiger partial charge is 0.120 e. The fourth-order valence-corrected chi connectivity index (χ4v) is 4.20. The Kier molecular flexibility index (Phi) is 4.34. The van der Waals surface area contributed by atoms with E-state index in [0.717, 1.165) is 35.1 Å². The summed E-state index contributed by atoms with van der Waals surface area (Å²) < 4.78 is 1.04. The lowest BCUT2D eigenvalue weighted by molar-refractivity contribution is 0.0352. The summed E-state index contributed by atoms with van der Waals surface area (Å²) in [6.45, 7) is 4.42. The molecular weight excluding hydrogens is 316 g/mol. The summed E-state index contributed by atoms with van der Waals surface area (Å²) in [5.74, 6) is 1.22. The van der Waals surface area contributed by atoms with Gasteiger partial charge in [0.1, 0.15) is 5.75 Å². The molecule has 0 bridgehead atoms. The monoisotopic (exact) mass is 338 g/mol. The Morgan fingerprint density at radius 1 is 1.30 bits per heavy atom. The molecule has 0 saturated carbocycles. The Morgan fingerprint density at radius 3 is 3.00 bits per heavy atom. The highest BCUT2D eigenvalue weighted by Crippen LogP contribution is 2.31. The third kappa shape index (κ3) is 3.02. The van der Waals surface area contributed by atoms with Crippen LogP contribution in [-0.4, -0.2) is 47.6 Å². The topological polar surface area (TPSA) is 26.7 Å². The summed E-state index contributed by atoms with van der Waals surface area (Å²) in [5.41, 5.74) is 1.03. The highest BCUT2D eigenvalue weighted by atomic mass is 79.9. The largest absolute Gasteiger partial charge is 0.508 e. The summed E-state index contributed by atoms with van der Waals surface area (Å²) in [4.78, 5) is 5.05. The second kappa shape index (κ2) is 6.04. The van der Waals surface area contributed by atoms with Gasteiger partial charge in [0.2, 0.25) is 0 Å². The van der Waals surface area contributed by atoms with Crippen LogP contribution in [0.5, 0.6) is 5.75 Å². The first-order valence-electron chi connectivity index (χ1n) is 7.53. The molecule has 0 radical (unpaired) electrons. The summed E-state index contributed by atoms with van der Waals surface area (Å²) in [7, 11) is 2.27. The zero-order chi connectivity index (χ0) is 14.1. The maximum atomic E-state index is 9.98. The number of rotatable bonds is 2. The summed E-state index contributed by atoms with van der Waals surface area (Å²) in [6.07, 6.45) is 3.94. The van der Waals surface area contributed by atoms with Crippen molar-refractivity contribution < 1.29 is 5.11 Å². The number of piperidine rings is 2. The van der Waals surface area contributed by atoms with E-state index in [-0.39, 0.29) is 0 Å². The van der Waals surface area contributed by atoms with Gasteiger partial charge >= 0.3 is 0 Å². The highest BCUT2D eigenvalue weighted by Gasteiger charge is 2.34. The first-order chi connectivity index (χ1) is 9.63. The van der Waals surface area contributed by atoms with E-state index in [9.17, 15) is 5.11 Å². The molecule has 2 heterocycles. The molecule has 2 unspecified atom stereocenters. The minimum absolute atomic E-state index is 0.413. The summed E-state index contributed by atoms with van der Waals surface area (Å²) in [5, 5.41) is 9.98. The molecule has 0 amide bonds. The van der Waals surface area contributed by atoms with Crippen LogP contribution in [0.2, 0.25) is 0 Å². The first kappa shape index (κ1) is 14.4. The van der Waals surface area contributed by atoms with E-state index in [1.807, 2.05) is 12.1 Å². The van der Waals surface area contributed by atoms with Gasteiger partial charge in [-0.05, 0) is 63.5 Å². The molecule has 1 aromatic rings. The quantitative estimate of drug-likeness (QED) is 0.897. The second-order valence-electron chi connectivity index (χ2n) is 6.25. The first-order valence-corrected chi connectivity index (χ1v) is 8.33. The van der Waals surface area contributed by atoms with Crippen LogP contribution in [-0.2, 0) is 6.54 Å². The number of halogens is 1. The van der Waals surface area contributed by atoms with Crippen molar-refractivity contribution in [1.29, 1.82) is 0 Å². The highest BCUT2D eigenvalue weighted by molar-refractivity contribution is 9.10. The van der Waals surface area contributed by atoms with E-state index in [0.29, 0.717) is 5.75 Å². The molecule has 110 valence electrons. The number of phenols is 1. The fraction of sp³-hybridized carbons (Fsp3) is 0.625. The Hall–Kier alpha value is -0.580. The molecule has 4 heteroatoms. The molecule has 20 heavy (non-hydrogen) atoms. The van der Waals surface area contributed by atoms with Crippen molar-refractivity contribution in [1.82, 2.24) is 9.80 Å². The van der Waals surface area contributed by atoms with E-state index in [1.165, 1.54) is 32.4 Å². The number of phenolic OH excluding ortho intramolecular Hbond substituents is 1. The molecule has 0 aliphatic carbocycles. The molecule has 1 aromatic carbocycles. The predicted octanol–water partition coefficient (Wildman–Crippen LogP) is 3.07. The third-order valence-electron chi connectivity index (χ3n) is 4.87. The van der Waals surface area contributed by atoms with Gasteiger partial charge in [0.05, 0.1) is 0 Å². The van der Waals surface area contributed by atoms with E-state index >= 15 is 0 Å². The zero-order valence-electron chi connectivity index (χ0n) is 12.1. The number of hydrogen-bond acceptors (Lipinski definition) is 3. The third-order valence-corrected chi connectivity index (χ3v) is 5.36. The van der Waals surface area contributed by atoms with Crippen LogP contribution in [0.25, 0.3) is 0 Å². The Morgan fingerprint density at radius 2 is 2.15 bits per heavy atom. The molecule has 2 fully saturated rings. The lowest BCUT2D eigenvalue weighted by Gasteiger charge is -2.46. The lowest BCUT2D eigenvalue weighted by atomic mass is 9.84. The van der Waals surface area contributed by atoms with E-state index < -0.39 is 0 Å². The van der Waals surface area contributed by atoms with Crippen LogP contribution in [0.15, 0.2) is 22.7 Å². The van der Waals surface area contributed by atoms with Crippen LogP contribution < -0.4 is 0 Å². The fourth-order valence-electron chi connectivity index (χ4n) is 3.79. The van der Waals surface area contributed by atoms with Gasteiger partial charge in [-0.15, -0.1) is 0 Å². The zero-order valence-corrected chi connectivity index (χ0v) is 13.6. The SMILES string of the molecule is CN1CCCC2CN(Cc3cc(Br)ccc3O)CCC21. The van der Waals surface area contributed by atoms with Gasteiger partial charge in [-0.3, -0.25) is 4.90 Å². The van der Waals surface area contributed by atoms with Crippen molar-refractivity contribution in [3.05, 3.63) is 28.2 Å². The van der Waals surface area contributed by atoms with E-state index in [4.69, 9.17) is 0 Å². The van der Waals surface area contributed by atoms with Gasteiger partial charge in [-0.1, -0.05) is 15.9 Å². The Bertz CT molecular complexity index is 480. The van der Waals surface area contributed by atoms with Crippen LogP contribution in [0.3, 0.4) is 0 Å². The van der Waals surface area contributed by atoms with Crippen LogP contribution in [0, 0.1) is 5.92 Å². The Labute approximate surface area is 129 Å². The van der Waals surface area contributed by atoms with Crippen LogP contribution in [0.4, 0.5) is 0 Å². The number of fused-ring (bicyclic) bond motifs is 1. The van der Waals surface area contributed by atoms with E-state index in [1.54, 1.807) is 6.07 Å². The lowest BCUT2D eigenvalue weighted by Crippen LogP contribution is -2.52. The molecule has 3 nitrogen and oxygen atoms in total. The predicted molar refractivity (Wildman–Crippen MR) is 84.8 cm³/mol. The van der Waals surface area contributed by atoms with Crippen molar-refractivity contribution in [2.75, 3.05) is 26.7 Å². The standard InChI is InChI=1S/C16H23BrN2O/c1-18-7-2-3-12-10-19(8-6-15(12)18)11-13-9-14(17)4-5-16(13)20/h4-5,9,12,15,20H,2-3,6-8,10-11H2,1H3. The average molecular weight is 339 g/mol. The Balaban J connectivity index is 1.66. The van der Waals surface area contributed by atoms with Gasteiger partial charge in [-0.2, -0.15) is 0 Å². The van der Waals surface area contributed by atoms with Gasteiger partial charge in [0, 0.05) is 29.2 Å². The molecule has 2 saturated heterocycles. The molecular formula is C16H23BrN2O. The normalized spacial score (nSPS) is 28.3. The van der Waals surface area contributed by atoms with Gasteiger partial charge in [-0.25, -0.2) is 0 Å². The van der Waals surface area contributed by atoms with Gasteiger partial charge in [0.25, 0.3) is 0 Å². The molecule has 2 atom stereocenters. The molecule has 0 spiro atoms. The van der Waals surface area contributed by atoms with Gasteiger partial charge < -0.3 is 10.0 Å².